The van der Waals surface area contributed by atoms with E-state index in [4.69, 9.17) is 4.74 Å². The molecule has 164 valence electrons. The zero-order valence-electron chi connectivity index (χ0n) is 17.4. The number of aromatic nitrogens is 4. The molecule has 6 rings (SSSR count). The molecule has 9 heteroatoms. The van der Waals surface area contributed by atoms with Gasteiger partial charge in [-0.2, -0.15) is 4.39 Å². The van der Waals surface area contributed by atoms with Crippen LogP contribution < -0.4 is 4.74 Å². The molecule has 2 saturated heterocycles. The molecule has 2 aromatic heterocycles. The Morgan fingerprint density at radius 2 is 1.97 bits per heavy atom. The fourth-order valence-electron chi connectivity index (χ4n) is 4.63. The van der Waals surface area contributed by atoms with Crippen molar-refractivity contribution in [2.24, 2.45) is 5.92 Å². The van der Waals surface area contributed by atoms with E-state index >= 15 is 0 Å². The zero-order valence-corrected chi connectivity index (χ0v) is 17.4. The van der Waals surface area contributed by atoms with Crippen molar-refractivity contribution in [3.05, 3.63) is 65.9 Å². The molecule has 2 bridgehead atoms. The molecule has 1 aliphatic carbocycles. The van der Waals surface area contributed by atoms with Crippen molar-refractivity contribution < 1.29 is 18.3 Å². The molecule has 7 nitrogen and oxygen atoms in total. The highest BCUT2D eigenvalue weighted by Crippen LogP contribution is 2.38. The number of amides is 1. The van der Waals surface area contributed by atoms with Crippen molar-refractivity contribution in [1.82, 2.24) is 24.8 Å². The minimum Gasteiger partial charge on any atom is -0.469 e. The number of ether oxygens (including phenoxy) is 1. The number of hydrogen-bond donors (Lipinski definition) is 0. The topological polar surface area (TPSA) is 81.1 Å². The summed E-state index contributed by atoms with van der Waals surface area (Å²) in [5, 5.41) is 0. The van der Waals surface area contributed by atoms with Crippen molar-refractivity contribution in [2.75, 3.05) is 6.54 Å². The second-order valence-corrected chi connectivity index (χ2v) is 8.23. The molecule has 3 fully saturated rings. The normalized spacial score (nSPS) is 22.1. The number of carbonyl (C=O) groups excluding carboxylic acids is 1. The van der Waals surface area contributed by atoms with E-state index in [1.165, 1.54) is 24.4 Å². The third-order valence-corrected chi connectivity index (χ3v) is 6.08. The molecule has 1 amide bonds. The standard InChI is InChI=1S/C23H21F2N5O2/c1-13-11-28-22(20(25)29-13)32-19-9-14-3-6-18(19)30(12-14)23(31)17-10-15(24)4-5-16(17)21-26-7-2-8-27-21/h2,4-5,7-8,10-11,14,18-19H,3,6,9,12H2,1H3. The number of halogens is 2. The van der Waals surface area contributed by atoms with Gasteiger partial charge < -0.3 is 9.64 Å². The van der Waals surface area contributed by atoms with Gasteiger partial charge in [0.05, 0.1) is 23.5 Å². The van der Waals surface area contributed by atoms with E-state index in [1.54, 1.807) is 30.3 Å². The average molecular weight is 437 g/mol. The number of aryl methyl sites for hydroxylation is 1. The van der Waals surface area contributed by atoms with Crippen molar-refractivity contribution in [3.63, 3.8) is 0 Å². The van der Waals surface area contributed by atoms with Crippen molar-refractivity contribution >= 4 is 5.91 Å². The Balaban J connectivity index is 1.45. The monoisotopic (exact) mass is 437 g/mol. The molecule has 3 aliphatic rings. The van der Waals surface area contributed by atoms with E-state index in [2.05, 4.69) is 19.9 Å². The van der Waals surface area contributed by atoms with Crippen LogP contribution in [0.15, 0.2) is 42.9 Å². The van der Waals surface area contributed by atoms with E-state index in [9.17, 15) is 13.6 Å². The highest BCUT2D eigenvalue weighted by molar-refractivity contribution is 6.00. The van der Waals surface area contributed by atoms with E-state index in [0.717, 1.165) is 6.42 Å². The summed E-state index contributed by atoms with van der Waals surface area (Å²) in [5.74, 6) is -1.20. The van der Waals surface area contributed by atoms with Gasteiger partial charge in [0.25, 0.3) is 17.7 Å². The van der Waals surface area contributed by atoms with Gasteiger partial charge in [-0.15, -0.1) is 0 Å². The van der Waals surface area contributed by atoms with Crippen LogP contribution >= 0.6 is 0 Å². The number of carbonyl (C=O) groups is 1. The minimum absolute atomic E-state index is 0.162. The van der Waals surface area contributed by atoms with Gasteiger partial charge >= 0.3 is 0 Å². The summed E-state index contributed by atoms with van der Waals surface area (Å²) in [6, 6.07) is 5.42. The molecular weight excluding hydrogens is 416 g/mol. The molecule has 0 radical (unpaired) electrons. The molecule has 32 heavy (non-hydrogen) atoms. The highest BCUT2D eigenvalue weighted by atomic mass is 19.1. The second kappa shape index (κ2) is 8.22. The summed E-state index contributed by atoms with van der Waals surface area (Å²) >= 11 is 0. The van der Waals surface area contributed by atoms with Crippen LogP contribution in [0, 0.1) is 24.6 Å². The van der Waals surface area contributed by atoms with Crippen molar-refractivity contribution in [2.45, 2.75) is 38.3 Å². The van der Waals surface area contributed by atoms with Gasteiger partial charge in [0.2, 0.25) is 0 Å². The number of rotatable bonds is 4. The van der Waals surface area contributed by atoms with Crippen LogP contribution in [0.25, 0.3) is 11.4 Å². The van der Waals surface area contributed by atoms with Crippen molar-refractivity contribution in [1.29, 1.82) is 0 Å². The summed E-state index contributed by atoms with van der Waals surface area (Å²) in [5.41, 5.74) is 1.12. The lowest BCUT2D eigenvalue weighted by Crippen LogP contribution is -2.59. The maximum atomic E-state index is 14.2. The number of benzene rings is 1. The van der Waals surface area contributed by atoms with Crippen LogP contribution in [0.1, 0.15) is 35.3 Å². The molecule has 0 N–H and O–H groups in total. The van der Waals surface area contributed by atoms with Gasteiger partial charge in [-0.1, -0.05) is 0 Å². The Morgan fingerprint density at radius 3 is 2.72 bits per heavy atom. The van der Waals surface area contributed by atoms with Gasteiger partial charge in [0, 0.05) is 24.5 Å². The van der Waals surface area contributed by atoms with E-state index < -0.39 is 17.9 Å². The molecular formula is C23H21F2N5O2. The lowest BCUT2D eigenvalue weighted by atomic mass is 9.77. The Morgan fingerprint density at radius 1 is 1.16 bits per heavy atom. The Hall–Kier alpha value is -3.49. The first-order valence-corrected chi connectivity index (χ1v) is 10.5. The summed E-state index contributed by atoms with van der Waals surface area (Å²) in [6.45, 7) is 2.19. The lowest BCUT2D eigenvalue weighted by Gasteiger charge is -2.49. The predicted molar refractivity (Wildman–Crippen MR) is 111 cm³/mol. The molecule has 3 atom stereocenters. The van der Waals surface area contributed by atoms with Gasteiger partial charge in [-0.25, -0.2) is 24.3 Å². The maximum absolute atomic E-state index is 14.2. The number of nitrogens with zero attached hydrogens (tertiary/aromatic N) is 5. The smallest absolute Gasteiger partial charge is 0.275 e. The molecule has 3 aromatic rings. The van der Waals surface area contributed by atoms with Gasteiger partial charge in [-0.3, -0.25) is 4.79 Å². The first kappa shape index (κ1) is 20.4. The van der Waals surface area contributed by atoms with Crippen LogP contribution in [0.5, 0.6) is 5.88 Å². The largest absolute Gasteiger partial charge is 0.469 e. The van der Waals surface area contributed by atoms with E-state index in [0.29, 0.717) is 36.5 Å². The van der Waals surface area contributed by atoms with Gasteiger partial charge in [-0.05, 0) is 56.4 Å². The van der Waals surface area contributed by atoms with E-state index in [1.807, 2.05) is 0 Å². The zero-order chi connectivity index (χ0) is 22.2. The fourth-order valence-corrected chi connectivity index (χ4v) is 4.63. The number of fused-ring (bicyclic) bond motifs is 3. The Bertz CT molecular complexity index is 1160. The Labute approximate surface area is 183 Å². The first-order chi connectivity index (χ1) is 15.5. The summed E-state index contributed by atoms with van der Waals surface area (Å²) in [6.07, 6.45) is 6.54. The third kappa shape index (κ3) is 3.79. The molecule has 1 aromatic carbocycles. The number of piperidine rings is 2. The van der Waals surface area contributed by atoms with Crippen LogP contribution in [0.3, 0.4) is 0 Å². The van der Waals surface area contributed by atoms with E-state index in [-0.39, 0.29) is 29.3 Å². The van der Waals surface area contributed by atoms with Crippen LogP contribution in [-0.2, 0) is 0 Å². The van der Waals surface area contributed by atoms with Crippen LogP contribution in [0.4, 0.5) is 8.78 Å². The highest BCUT2D eigenvalue weighted by Gasteiger charge is 2.45. The SMILES string of the molecule is Cc1cnc(OC2CC3CCC2N(C(=O)c2cc(F)ccc2-c2ncccn2)C3)c(F)n1. The predicted octanol–water partition coefficient (Wildman–Crippen LogP) is 3.59. The summed E-state index contributed by atoms with van der Waals surface area (Å²) in [4.78, 5) is 31.5. The maximum Gasteiger partial charge on any atom is 0.275 e. The molecule has 0 spiro atoms. The summed E-state index contributed by atoms with van der Waals surface area (Å²) in [7, 11) is 0. The second-order valence-electron chi connectivity index (χ2n) is 8.23. The van der Waals surface area contributed by atoms with Gasteiger partial charge in [0.15, 0.2) is 5.82 Å². The number of hydrogen-bond acceptors (Lipinski definition) is 6. The summed E-state index contributed by atoms with van der Waals surface area (Å²) < 4.78 is 34.2. The molecule has 2 aliphatic heterocycles. The fraction of sp³-hybridized carbons (Fsp3) is 0.348. The Kier molecular flexibility index (Phi) is 5.24. The molecule has 4 heterocycles. The molecule has 1 saturated carbocycles. The van der Waals surface area contributed by atoms with Crippen LogP contribution in [0.2, 0.25) is 0 Å². The van der Waals surface area contributed by atoms with Crippen molar-refractivity contribution in [3.8, 4) is 17.3 Å². The quantitative estimate of drug-likeness (QED) is 0.621. The lowest BCUT2D eigenvalue weighted by molar-refractivity contribution is -0.0329. The third-order valence-electron chi connectivity index (χ3n) is 6.08. The minimum atomic E-state index is -0.766. The first-order valence-electron chi connectivity index (χ1n) is 10.5. The van der Waals surface area contributed by atoms with Crippen LogP contribution in [-0.4, -0.2) is 49.4 Å². The average Bonchev–Trinajstić information content (AvgIpc) is 2.81. The molecule has 3 unspecified atom stereocenters. The van der Waals surface area contributed by atoms with Gasteiger partial charge in [0.1, 0.15) is 11.9 Å².